The van der Waals surface area contributed by atoms with E-state index in [1.54, 1.807) is 0 Å². The predicted molar refractivity (Wildman–Crippen MR) is 80.3 cm³/mol. The van der Waals surface area contributed by atoms with Crippen molar-refractivity contribution in [2.24, 2.45) is 0 Å². The Morgan fingerprint density at radius 3 is 2.32 bits per heavy atom. The van der Waals surface area contributed by atoms with Gasteiger partial charge in [-0.3, -0.25) is 4.79 Å². The quantitative estimate of drug-likeness (QED) is 0.742. The average Bonchev–Trinajstić information content (AvgIpc) is 2.34. The van der Waals surface area contributed by atoms with Crippen LogP contribution in [0.15, 0.2) is 12.1 Å². The third-order valence-corrected chi connectivity index (χ3v) is 3.24. The molecular weight excluding hydrogens is 236 g/mol. The van der Waals surface area contributed by atoms with E-state index in [4.69, 9.17) is 0 Å². The van der Waals surface area contributed by atoms with Crippen LogP contribution in [0.2, 0.25) is 0 Å². The smallest absolute Gasteiger partial charge is 0.221 e. The summed E-state index contributed by atoms with van der Waals surface area (Å²) in [5.41, 5.74) is 5.29. The Morgan fingerprint density at radius 2 is 1.74 bits per heavy atom. The van der Waals surface area contributed by atoms with E-state index in [1.807, 2.05) is 0 Å². The van der Waals surface area contributed by atoms with Crippen molar-refractivity contribution in [3.05, 3.63) is 34.4 Å². The summed E-state index contributed by atoms with van der Waals surface area (Å²) in [6.45, 7) is 10.8. The molecule has 0 aromatic heterocycles. The number of aryl methyl sites for hydroxylation is 3. The number of hydrogen-bond donors (Lipinski definition) is 2. The van der Waals surface area contributed by atoms with E-state index in [1.165, 1.54) is 22.3 Å². The normalized spacial score (nSPS) is 10.5. The second kappa shape index (κ2) is 7.95. The maximum atomic E-state index is 11.4. The summed E-state index contributed by atoms with van der Waals surface area (Å²) in [7, 11) is 0. The fraction of sp³-hybridized carbons (Fsp3) is 0.562. The van der Waals surface area contributed by atoms with Gasteiger partial charge in [-0.2, -0.15) is 0 Å². The highest BCUT2D eigenvalue weighted by Crippen LogP contribution is 2.15. The van der Waals surface area contributed by atoms with Gasteiger partial charge in [-0.25, -0.2) is 0 Å². The predicted octanol–water partition coefficient (Wildman–Crippen LogP) is 2.62. The molecule has 0 aliphatic carbocycles. The molecule has 1 aromatic carbocycles. The van der Waals surface area contributed by atoms with E-state index in [9.17, 15) is 4.79 Å². The molecule has 3 heteroatoms. The van der Waals surface area contributed by atoms with Gasteiger partial charge in [0.1, 0.15) is 0 Å². The average molecular weight is 262 g/mol. The molecule has 0 aliphatic heterocycles. The third-order valence-electron chi connectivity index (χ3n) is 3.24. The molecule has 2 N–H and O–H groups in total. The minimum Gasteiger partial charge on any atom is -0.356 e. The summed E-state index contributed by atoms with van der Waals surface area (Å²) in [6.07, 6.45) is 1.53. The van der Waals surface area contributed by atoms with Crippen LogP contribution in [0.4, 0.5) is 0 Å². The van der Waals surface area contributed by atoms with E-state index < -0.39 is 0 Å². The second-order valence-corrected chi connectivity index (χ2v) is 5.15. The Labute approximate surface area is 116 Å². The van der Waals surface area contributed by atoms with Gasteiger partial charge in [0.2, 0.25) is 5.91 Å². The minimum absolute atomic E-state index is 0.131. The largest absolute Gasteiger partial charge is 0.356 e. The van der Waals surface area contributed by atoms with Crippen LogP contribution in [0.1, 0.15) is 42.0 Å². The molecule has 0 saturated carbocycles. The van der Waals surface area contributed by atoms with Gasteiger partial charge in [0, 0.05) is 26.1 Å². The number of carbonyl (C=O) groups is 1. The van der Waals surface area contributed by atoms with Crippen LogP contribution in [0.25, 0.3) is 0 Å². The molecule has 1 aromatic rings. The van der Waals surface area contributed by atoms with Gasteiger partial charge in [0.25, 0.3) is 0 Å². The topological polar surface area (TPSA) is 41.1 Å². The number of hydrogen-bond acceptors (Lipinski definition) is 2. The summed E-state index contributed by atoms with van der Waals surface area (Å²) in [5.74, 6) is 0.131. The van der Waals surface area contributed by atoms with Crippen LogP contribution in [-0.2, 0) is 11.3 Å². The molecule has 0 radical (unpaired) electrons. The second-order valence-electron chi connectivity index (χ2n) is 5.15. The lowest BCUT2D eigenvalue weighted by atomic mass is 10.00. The number of amides is 1. The van der Waals surface area contributed by atoms with Crippen molar-refractivity contribution in [3.8, 4) is 0 Å². The van der Waals surface area contributed by atoms with Crippen LogP contribution < -0.4 is 10.6 Å². The Hall–Kier alpha value is -1.35. The standard InChI is InChI=1S/C16H26N2O/c1-5-7-18-16(19)6-8-17-11-15-13(3)9-12(2)10-14(15)4/h9-10,17H,5-8,11H2,1-4H3,(H,18,19). The van der Waals surface area contributed by atoms with Gasteiger partial charge in [0.15, 0.2) is 0 Å². The maximum Gasteiger partial charge on any atom is 0.221 e. The van der Waals surface area contributed by atoms with E-state index in [0.717, 1.165) is 26.1 Å². The van der Waals surface area contributed by atoms with Crippen molar-refractivity contribution in [1.82, 2.24) is 10.6 Å². The Morgan fingerprint density at radius 1 is 1.11 bits per heavy atom. The Bertz CT molecular complexity index is 404. The summed E-state index contributed by atoms with van der Waals surface area (Å²) in [5, 5.41) is 6.23. The lowest BCUT2D eigenvalue weighted by Crippen LogP contribution is -2.28. The molecule has 19 heavy (non-hydrogen) atoms. The molecule has 106 valence electrons. The zero-order chi connectivity index (χ0) is 14.3. The van der Waals surface area contributed by atoms with Crippen LogP contribution in [-0.4, -0.2) is 19.0 Å². The van der Waals surface area contributed by atoms with Crippen molar-refractivity contribution in [2.75, 3.05) is 13.1 Å². The molecule has 0 atom stereocenters. The van der Waals surface area contributed by atoms with Gasteiger partial charge in [0.05, 0.1) is 0 Å². The Balaban J connectivity index is 2.36. The first-order chi connectivity index (χ1) is 9.04. The monoisotopic (exact) mass is 262 g/mol. The SMILES string of the molecule is CCCNC(=O)CCNCc1c(C)cc(C)cc1C. The van der Waals surface area contributed by atoms with E-state index in [2.05, 4.69) is 50.5 Å². The van der Waals surface area contributed by atoms with Crippen molar-refractivity contribution in [2.45, 2.75) is 47.1 Å². The number of nitrogens with one attached hydrogen (secondary N) is 2. The summed E-state index contributed by atoms with van der Waals surface area (Å²) in [6, 6.07) is 4.41. The van der Waals surface area contributed by atoms with Crippen LogP contribution >= 0.6 is 0 Å². The fourth-order valence-corrected chi connectivity index (χ4v) is 2.26. The zero-order valence-electron chi connectivity index (χ0n) is 12.6. The molecule has 1 amide bonds. The molecule has 3 nitrogen and oxygen atoms in total. The molecule has 0 spiro atoms. The van der Waals surface area contributed by atoms with Gasteiger partial charge in [-0.15, -0.1) is 0 Å². The first-order valence-corrected chi connectivity index (χ1v) is 7.08. The van der Waals surface area contributed by atoms with Crippen molar-refractivity contribution in [3.63, 3.8) is 0 Å². The molecule has 0 fully saturated rings. The number of carbonyl (C=O) groups excluding carboxylic acids is 1. The molecule has 0 bridgehead atoms. The molecule has 0 heterocycles. The molecule has 0 unspecified atom stereocenters. The first kappa shape index (κ1) is 15.7. The van der Waals surface area contributed by atoms with Crippen LogP contribution in [0.5, 0.6) is 0 Å². The molecule has 1 rings (SSSR count). The van der Waals surface area contributed by atoms with Crippen molar-refractivity contribution in [1.29, 1.82) is 0 Å². The fourth-order valence-electron chi connectivity index (χ4n) is 2.26. The van der Waals surface area contributed by atoms with Gasteiger partial charge in [-0.05, 0) is 43.9 Å². The van der Waals surface area contributed by atoms with E-state index in [0.29, 0.717) is 6.42 Å². The summed E-state index contributed by atoms with van der Waals surface area (Å²) in [4.78, 5) is 11.4. The molecule has 0 saturated heterocycles. The highest BCUT2D eigenvalue weighted by molar-refractivity contribution is 5.75. The summed E-state index contributed by atoms with van der Waals surface area (Å²) >= 11 is 0. The summed E-state index contributed by atoms with van der Waals surface area (Å²) < 4.78 is 0. The zero-order valence-corrected chi connectivity index (χ0v) is 12.6. The van der Waals surface area contributed by atoms with Crippen molar-refractivity contribution >= 4 is 5.91 Å². The number of rotatable bonds is 7. The van der Waals surface area contributed by atoms with Crippen molar-refractivity contribution < 1.29 is 4.79 Å². The first-order valence-electron chi connectivity index (χ1n) is 7.08. The lowest BCUT2D eigenvalue weighted by molar-refractivity contribution is -0.120. The maximum absolute atomic E-state index is 11.4. The highest BCUT2D eigenvalue weighted by Gasteiger charge is 2.04. The van der Waals surface area contributed by atoms with Gasteiger partial charge in [-0.1, -0.05) is 24.6 Å². The number of benzene rings is 1. The minimum atomic E-state index is 0.131. The molecular formula is C16H26N2O. The van der Waals surface area contributed by atoms with Gasteiger partial charge < -0.3 is 10.6 Å². The van der Waals surface area contributed by atoms with Crippen LogP contribution in [0, 0.1) is 20.8 Å². The third kappa shape index (κ3) is 5.43. The van der Waals surface area contributed by atoms with E-state index in [-0.39, 0.29) is 5.91 Å². The lowest BCUT2D eigenvalue weighted by Gasteiger charge is -2.12. The van der Waals surface area contributed by atoms with Gasteiger partial charge >= 0.3 is 0 Å². The van der Waals surface area contributed by atoms with E-state index >= 15 is 0 Å². The van der Waals surface area contributed by atoms with Crippen LogP contribution in [0.3, 0.4) is 0 Å². The Kier molecular flexibility index (Phi) is 6.57. The molecule has 0 aliphatic rings. The highest BCUT2D eigenvalue weighted by atomic mass is 16.1.